The molecule has 0 spiro atoms. The lowest BCUT2D eigenvalue weighted by molar-refractivity contribution is 0.0929. The standard InChI is InChI=1S/C20H13BrIN3O3/c21-13-8-12-9-18(28-19(12)17(22)10-13)20(27)24-23-11-15-2-1-7-25(15)14-3-5-16(26)6-4-14/h1-11,26H,(H,24,27)/b23-11-. The summed E-state index contributed by atoms with van der Waals surface area (Å²) in [5.41, 5.74) is 4.80. The molecule has 0 fully saturated rings. The molecule has 28 heavy (non-hydrogen) atoms. The molecule has 6 nitrogen and oxygen atoms in total. The number of carbonyl (C=O) groups is 1. The Morgan fingerprint density at radius 3 is 2.79 bits per heavy atom. The van der Waals surface area contributed by atoms with Crippen LogP contribution in [-0.2, 0) is 0 Å². The molecule has 0 aliphatic rings. The number of phenols is 1. The lowest BCUT2D eigenvalue weighted by Crippen LogP contribution is -2.17. The van der Waals surface area contributed by atoms with E-state index in [0.717, 1.165) is 24.8 Å². The van der Waals surface area contributed by atoms with E-state index in [9.17, 15) is 9.90 Å². The Balaban J connectivity index is 1.51. The number of hydrogen-bond acceptors (Lipinski definition) is 4. The first kappa shape index (κ1) is 18.8. The van der Waals surface area contributed by atoms with Gasteiger partial charge in [-0.15, -0.1) is 0 Å². The molecule has 140 valence electrons. The van der Waals surface area contributed by atoms with Gasteiger partial charge in [0.25, 0.3) is 0 Å². The van der Waals surface area contributed by atoms with Crippen LogP contribution in [0.3, 0.4) is 0 Å². The molecule has 0 bridgehead atoms. The molecule has 1 amide bonds. The van der Waals surface area contributed by atoms with Gasteiger partial charge in [0.1, 0.15) is 11.3 Å². The highest BCUT2D eigenvalue weighted by Gasteiger charge is 2.14. The van der Waals surface area contributed by atoms with Crippen molar-refractivity contribution in [1.29, 1.82) is 0 Å². The number of carbonyl (C=O) groups excluding carboxylic acids is 1. The first-order valence-electron chi connectivity index (χ1n) is 8.20. The second-order valence-corrected chi connectivity index (χ2v) is 8.01. The van der Waals surface area contributed by atoms with Gasteiger partial charge >= 0.3 is 5.91 Å². The summed E-state index contributed by atoms with van der Waals surface area (Å²) in [6.45, 7) is 0. The van der Waals surface area contributed by atoms with Gasteiger partial charge in [-0.1, -0.05) is 15.9 Å². The number of benzene rings is 2. The first-order chi connectivity index (χ1) is 13.5. The third-order valence-corrected chi connectivity index (χ3v) is 5.29. The lowest BCUT2D eigenvalue weighted by atomic mass is 10.2. The third kappa shape index (κ3) is 3.83. The van der Waals surface area contributed by atoms with Crippen LogP contribution < -0.4 is 5.43 Å². The van der Waals surface area contributed by atoms with Crippen molar-refractivity contribution in [2.45, 2.75) is 0 Å². The highest BCUT2D eigenvalue weighted by Crippen LogP contribution is 2.28. The maximum absolute atomic E-state index is 12.4. The predicted octanol–water partition coefficient (Wildman–Crippen LogP) is 5.06. The number of aromatic nitrogens is 1. The molecule has 0 saturated carbocycles. The second-order valence-electron chi connectivity index (χ2n) is 5.94. The van der Waals surface area contributed by atoms with Crippen molar-refractivity contribution in [1.82, 2.24) is 9.99 Å². The number of fused-ring (bicyclic) bond motifs is 1. The van der Waals surface area contributed by atoms with Crippen LogP contribution in [0.5, 0.6) is 5.75 Å². The number of hydrazone groups is 1. The average Bonchev–Trinajstić information content (AvgIpc) is 3.29. The number of amides is 1. The van der Waals surface area contributed by atoms with E-state index in [-0.39, 0.29) is 11.5 Å². The van der Waals surface area contributed by atoms with E-state index in [1.54, 1.807) is 36.5 Å². The van der Waals surface area contributed by atoms with E-state index < -0.39 is 5.91 Å². The molecule has 2 N–H and O–H groups in total. The van der Waals surface area contributed by atoms with Crippen molar-refractivity contribution in [3.63, 3.8) is 0 Å². The largest absolute Gasteiger partial charge is 0.508 e. The number of nitrogens with one attached hydrogen (secondary N) is 1. The number of furan rings is 1. The average molecular weight is 550 g/mol. The van der Waals surface area contributed by atoms with Crippen LogP contribution in [0.2, 0.25) is 0 Å². The minimum atomic E-state index is -0.429. The van der Waals surface area contributed by atoms with Crippen LogP contribution in [0.4, 0.5) is 0 Å². The maximum Gasteiger partial charge on any atom is 0.307 e. The molecular weight excluding hydrogens is 537 g/mol. The summed E-state index contributed by atoms with van der Waals surface area (Å²) in [7, 11) is 0. The molecule has 0 aliphatic heterocycles. The number of halogens is 2. The van der Waals surface area contributed by atoms with E-state index in [4.69, 9.17) is 4.42 Å². The van der Waals surface area contributed by atoms with Gasteiger partial charge in [0.2, 0.25) is 0 Å². The second kappa shape index (κ2) is 7.80. The Bertz CT molecular complexity index is 1200. The third-order valence-electron chi connectivity index (χ3n) is 4.03. The number of hydrogen-bond donors (Lipinski definition) is 2. The molecule has 2 heterocycles. The summed E-state index contributed by atoms with van der Waals surface area (Å²) in [5, 5.41) is 14.3. The van der Waals surface area contributed by atoms with Gasteiger partial charge in [0.05, 0.1) is 15.5 Å². The summed E-state index contributed by atoms with van der Waals surface area (Å²) in [6.07, 6.45) is 3.42. The first-order valence-corrected chi connectivity index (χ1v) is 10.1. The summed E-state index contributed by atoms with van der Waals surface area (Å²) in [6, 6.07) is 16.0. The molecular formula is C20H13BrIN3O3. The lowest BCUT2D eigenvalue weighted by Gasteiger charge is -2.06. The molecule has 0 unspecified atom stereocenters. The van der Waals surface area contributed by atoms with Crippen molar-refractivity contribution < 1.29 is 14.3 Å². The van der Waals surface area contributed by atoms with Gasteiger partial charge in [-0.3, -0.25) is 4.79 Å². The maximum atomic E-state index is 12.4. The Labute approximate surface area is 182 Å². The van der Waals surface area contributed by atoms with Crippen LogP contribution in [0.1, 0.15) is 16.2 Å². The van der Waals surface area contributed by atoms with Gasteiger partial charge in [-0.25, -0.2) is 5.43 Å². The molecule has 2 aromatic heterocycles. The van der Waals surface area contributed by atoms with E-state index in [1.807, 2.05) is 35.0 Å². The van der Waals surface area contributed by atoms with Crippen molar-refractivity contribution in [2.24, 2.45) is 5.10 Å². The van der Waals surface area contributed by atoms with Crippen LogP contribution >= 0.6 is 38.5 Å². The van der Waals surface area contributed by atoms with Crippen LogP contribution in [-0.4, -0.2) is 21.8 Å². The zero-order valence-electron chi connectivity index (χ0n) is 14.3. The highest BCUT2D eigenvalue weighted by molar-refractivity contribution is 14.1. The van der Waals surface area contributed by atoms with Gasteiger partial charge in [0, 0.05) is 21.7 Å². The Hall–Kier alpha value is -2.59. The van der Waals surface area contributed by atoms with E-state index in [2.05, 4.69) is 49.0 Å². The van der Waals surface area contributed by atoms with E-state index >= 15 is 0 Å². The van der Waals surface area contributed by atoms with Crippen LogP contribution in [0, 0.1) is 3.57 Å². The minimum absolute atomic E-state index is 0.192. The van der Waals surface area contributed by atoms with Crippen molar-refractivity contribution in [3.05, 3.63) is 80.3 Å². The van der Waals surface area contributed by atoms with E-state index in [0.29, 0.717) is 5.58 Å². The number of nitrogens with zero attached hydrogens (tertiary/aromatic N) is 2. The van der Waals surface area contributed by atoms with Gasteiger partial charge in [0.15, 0.2) is 5.76 Å². The van der Waals surface area contributed by atoms with Crippen LogP contribution in [0.25, 0.3) is 16.7 Å². The van der Waals surface area contributed by atoms with Crippen molar-refractivity contribution >= 4 is 61.6 Å². The number of rotatable bonds is 4. The summed E-state index contributed by atoms with van der Waals surface area (Å²) >= 11 is 5.60. The zero-order valence-corrected chi connectivity index (χ0v) is 18.0. The zero-order chi connectivity index (χ0) is 19.7. The molecule has 4 rings (SSSR count). The molecule has 8 heteroatoms. The topological polar surface area (TPSA) is 79.8 Å². The van der Waals surface area contributed by atoms with Crippen molar-refractivity contribution in [2.75, 3.05) is 0 Å². The fourth-order valence-corrected chi connectivity index (χ4v) is 4.41. The highest BCUT2D eigenvalue weighted by atomic mass is 127. The molecule has 4 aromatic rings. The Morgan fingerprint density at radius 1 is 1.21 bits per heavy atom. The monoisotopic (exact) mass is 549 g/mol. The van der Waals surface area contributed by atoms with Gasteiger partial charge in [-0.2, -0.15) is 5.10 Å². The number of aromatic hydroxyl groups is 1. The SMILES string of the molecule is O=C(N/N=C\c1cccn1-c1ccc(O)cc1)c1cc2cc(Br)cc(I)c2o1. The quantitative estimate of drug-likeness (QED) is 0.212. The summed E-state index contributed by atoms with van der Waals surface area (Å²) < 4.78 is 9.38. The van der Waals surface area contributed by atoms with Gasteiger partial charge < -0.3 is 14.1 Å². The Morgan fingerprint density at radius 2 is 2.00 bits per heavy atom. The molecule has 0 aliphatic carbocycles. The number of phenolic OH excluding ortho intramolecular Hbond substituents is 1. The summed E-state index contributed by atoms with van der Waals surface area (Å²) in [5.74, 6) is -0.0369. The van der Waals surface area contributed by atoms with Gasteiger partial charge in [-0.05, 0) is 77.2 Å². The molecule has 0 radical (unpaired) electrons. The predicted molar refractivity (Wildman–Crippen MR) is 119 cm³/mol. The van der Waals surface area contributed by atoms with Crippen LogP contribution in [0.15, 0.2) is 74.8 Å². The van der Waals surface area contributed by atoms with Crippen molar-refractivity contribution in [3.8, 4) is 11.4 Å². The Kier molecular flexibility index (Phi) is 5.23. The fraction of sp³-hybridized carbons (Fsp3) is 0. The van der Waals surface area contributed by atoms with E-state index in [1.165, 1.54) is 0 Å². The fourth-order valence-electron chi connectivity index (χ4n) is 2.75. The molecule has 0 atom stereocenters. The molecule has 0 saturated heterocycles. The normalized spacial score (nSPS) is 11.4. The minimum Gasteiger partial charge on any atom is -0.508 e. The summed E-state index contributed by atoms with van der Waals surface area (Å²) in [4.78, 5) is 12.4. The smallest absolute Gasteiger partial charge is 0.307 e. The molecule has 2 aromatic carbocycles.